The molecule has 0 saturated heterocycles. The summed E-state index contributed by atoms with van der Waals surface area (Å²) < 4.78 is 1.21. The van der Waals surface area contributed by atoms with E-state index in [1.807, 2.05) is 23.6 Å². The number of hydrogen-bond donors (Lipinski definition) is 1. The quantitative estimate of drug-likeness (QED) is 0.662. The van der Waals surface area contributed by atoms with Crippen LogP contribution in [0, 0.1) is 49.4 Å². The molecule has 0 aliphatic rings. The number of aromatic amines is 1. The SMILES string of the molecule is O=c1ccc2ccc3sccc3c2[nH]1.[Eu+3]. The molecule has 0 radical (unpaired) electrons. The molecule has 3 aromatic rings. The summed E-state index contributed by atoms with van der Waals surface area (Å²) in [7, 11) is 0. The van der Waals surface area contributed by atoms with E-state index in [2.05, 4.69) is 11.1 Å². The van der Waals surface area contributed by atoms with Gasteiger partial charge in [-0.25, -0.2) is 0 Å². The van der Waals surface area contributed by atoms with Crippen molar-refractivity contribution in [3.05, 3.63) is 46.1 Å². The van der Waals surface area contributed by atoms with Gasteiger partial charge >= 0.3 is 49.4 Å². The third kappa shape index (κ3) is 1.96. The zero-order valence-corrected chi connectivity index (χ0v) is 10.9. The second-order valence-corrected chi connectivity index (χ2v) is 4.13. The predicted molar refractivity (Wildman–Crippen MR) is 60.0 cm³/mol. The van der Waals surface area contributed by atoms with Gasteiger partial charge in [0.25, 0.3) is 0 Å². The minimum absolute atomic E-state index is 0. The Morgan fingerprint density at radius 3 is 2.73 bits per heavy atom. The number of rotatable bonds is 0. The fraction of sp³-hybridized carbons (Fsp3) is 0. The zero-order chi connectivity index (χ0) is 9.54. The van der Waals surface area contributed by atoms with Crippen LogP contribution in [0.3, 0.4) is 0 Å². The minimum atomic E-state index is -0.0452. The Labute approximate surface area is 131 Å². The molecule has 1 N–H and O–H groups in total. The summed E-state index contributed by atoms with van der Waals surface area (Å²) in [6.45, 7) is 0. The molecule has 0 aliphatic carbocycles. The van der Waals surface area contributed by atoms with Crippen molar-refractivity contribution in [2.75, 3.05) is 0 Å². The van der Waals surface area contributed by atoms with Gasteiger partial charge in [0.05, 0.1) is 5.52 Å². The van der Waals surface area contributed by atoms with Crippen molar-refractivity contribution in [2.45, 2.75) is 0 Å². The van der Waals surface area contributed by atoms with Gasteiger partial charge in [-0.1, -0.05) is 6.07 Å². The molecule has 2 aromatic heterocycles. The maximum Gasteiger partial charge on any atom is 3.00 e. The maximum absolute atomic E-state index is 11.2. The monoisotopic (exact) mass is 354 g/mol. The van der Waals surface area contributed by atoms with Gasteiger partial charge in [0.1, 0.15) is 0 Å². The van der Waals surface area contributed by atoms with E-state index in [9.17, 15) is 4.79 Å². The summed E-state index contributed by atoms with van der Waals surface area (Å²) in [6.07, 6.45) is 0. The van der Waals surface area contributed by atoms with E-state index in [-0.39, 0.29) is 54.9 Å². The molecule has 0 amide bonds. The van der Waals surface area contributed by atoms with Crippen molar-refractivity contribution in [1.29, 1.82) is 0 Å². The first kappa shape index (κ1) is 11.5. The summed E-state index contributed by atoms with van der Waals surface area (Å²) >= 11 is 1.69. The van der Waals surface area contributed by atoms with E-state index in [1.165, 1.54) is 4.70 Å². The van der Waals surface area contributed by atoms with Crippen LogP contribution in [0.5, 0.6) is 0 Å². The van der Waals surface area contributed by atoms with Crippen LogP contribution in [0.1, 0.15) is 0 Å². The van der Waals surface area contributed by atoms with Crippen LogP contribution in [0.15, 0.2) is 40.5 Å². The van der Waals surface area contributed by atoms with E-state index < -0.39 is 0 Å². The molecule has 15 heavy (non-hydrogen) atoms. The average Bonchev–Trinajstić information content (AvgIpc) is 2.65. The van der Waals surface area contributed by atoms with E-state index in [0.717, 1.165) is 16.3 Å². The topological polar surface area (TPSA) is 32.9 Å². The fourth-order valence-electron chi connectivity index (χ4n) is 1.67. The number of hydrogen-bond acceptors (Lipinski definition) is 2. The molecule has 0 spiro atoms. The molecule has 2 heterocycles. The van der Waals surface area contributed by atoms with E-state index in [1.54, 1.807) is 17.4 Å². The number of H-pyrrole nitrogens is 1. The Morgan fingerprint density at radius 1 is 1.07 bits per heavy atom. The number of fused-ring (bicyclic) bond motifs is 3. The van der Waals surface area contributed by atoms with Crippen molar-refractivity contribution in [3.63, 3.8) is 0 Å². The molecule has 72 valence electrons. The minimum Gasteiger partial charge on any atom is -0.321 e. The van der Waals surface area contributed by atoms with Gasteiger partial charge in [-0.05, 0) is 29.0 Å². The van der Waals surface area contributed by atoms with Crippen LogP contribution >= 0.6 is 11.3 Å². The van der Waals surface area contributed by atoms with Crippen molar-refractivity contribution in [1.82, 2.24) is 4.98 Å². The number of pyridine rings is 1. The van der Waals surface area contributed by atoms with Crippen molar-refractivity contribution in [3.8, 4) is 0 Å². The molecular weight excluding hydrogens is 346 g/mol. The molecule has 1 aromatic carbocycles. The molecule has 0 unspecified atom stereocenters. The van der Waals surface area contributed by atoms with Crippen LogP contribution in [-0.2, 0) is 0 Å². The Hall–Kier alpha value is -0.0256. The van der Waals surface area contributed by atoms with Gasteiger partial charge in [0.15, 0.2) is 0 Å². The van der Waals surface area contributed by atoms with Gasteiger partial charge < -0.3 is 4.98 Å². The first-order chi connectivity index (χ1) is 6.84. The molecule has 0 fully saturated rings. The summed E-state index contributed by atoms with van der Waals surface area (Å²) in [5.41, 5.74) is 0.896. The normalized spacial score (nSPS) is 10.4. The molecule has 3 rings (SSSR count). The zero-order valence-electron chi connectivity index (χ0n) is 7.66. The Bertz CT molecular complexity index is 671. The number of aromatic nitrogens is 1. The fourth-order valence-corrected chi connectivity index (χ4v) is 2.46. The van der Waals surface area contributed by atoms with Crippen LogP contribution in [-0.4, -0.2) is 4.98 Å². The van der Waals surface area contributed by atoms with Crippen LogP contribution < -0.4 is 5.56 Å². The van der Waals surface area contributed by atoms with Crippen LogP contribution in [0.25, 0.3) is 21.0 Å². The smallest absolute Gasteiger partial charge is 0.321 e. The number of thiophene rings is 1. The molecule has 0 bridgehead atoms. The third-order valence-corrected chi connectivity index (χ3v) is 3.21. The van der Waals surface area contributed by atoms with Gasteiger partial charge in [-0.2, -0.15) is 0 Å². The van der Waals surface area contributed by atoms with E-state index >= 15 is 0 Å². The summed E-state index contributed by atoms with van der Waals surface area (Å²) in [5.74, 6) is 0. The van der Waals surface area contributed by atoms with Gasteiger partial charge in [-0.15, -0.1) is 11.3 Å². The largest absolute Gasteiger partial charge is 3.00 e. The molecule has 0 atom stereocenters. The first-order valence-electron chi connectivity index (χ1n) is 4.34. The van der Waals surface area contributed by atoms with Crippen LogP contribution in [0.4, 0.5) is 0 Å². The standard InChI is InChI=1S/C11H7NOS.Eu/c13-10-4-2-7-1-3-9-8(5-6-14-9)11(7)12-10;/h1-6H,(H,12,13);/q;+3. The maximum atomic E-state index is 11.2. The first-order valence-corrected chi connectivity index (χ1v) is 5.22. The van der Waals surface area contributed by atoms with E-state index in [0.29, 0.717) is 0 Å². The molecular formula is C11H7EuNOS+3. The van der Waals surface area contributed by atoms with Gasteiger partial charge in [-0.3, -0.25) is 4.79 Å². The van der Waals surface area contributed by atoms with Gasteiger partial charge in [0.2, 0.25) is 5.56 Å². The number of benzene rings is 1. The van der Waals surface area contributed by atoms with Crippen molar-refractivity contribution >= 4 is 32.3 Å². The molecule has 0 saturated carbocycles. The summed E-state index contributed by atoms with van der Waals surface area (Å²) in [5, 5.41) is 4.25. The third-order valence-electron chi connectivity index (χ3n) is 2.33. The van der Waals surface area contributed by atoms with E-state index in [4.69, 9.17) is 0 Å². The summed E-state index contributed by atoms with van der Waals surface area (Å²) in [4.78, 5) is 14.1. The second kappa shape index (κ2) is 4.46. The molecule has 0 aliphatic heterocycles. The molecule has 4 heteroatoms. The van der Waals surface area contributed by atoms with Gasteiger partial charge in [0, 0.05) is 16.2 Å². The second-order valence-electron chi connectivity index (χ2n) is 3.18. The van der Waals surface area contributed by atoms with Crippen LogP contribution in [0.2, 0.25) is 0 Å². The van der Waals surface area contributed by atoms with Crippen molar-refractivity contribution < 1.29 is 49.4 Å². The predicted octanol–water partition coefficient (Wildman–Crippen LogP) is 2.74. The Morgan fingerprint density at radius 2 is 1.87 bits per heavy atom. The Balaban J connectivity index is 0.000000853. The average molecular weight is 353 g/mol. The molecule has 2 nitrogen and oxygen atoms in total. The Kier molecular flexibility index (Phi) is 3.40. The summed E-state index contributed by atoms with van der Waals surface area (Å²) in [6, 6.07) is 9.56. The van der Waals surface area contributed by atoms with Crippen molar-refractivity contribution in [2.24, 2.45) is 0 Å². The number of nitrogens with one attached hydrogen (secondary N) is 1.